The largest absolute Gasteiger partial charge is 0.488 e. The summed E-state index contributed by atoms with van der Waals surface area (Å²) in [5, 5.41) is 3.56. The van der Waals surface area contributed by atoms with Crippen molar-refractivity contribution in [2.75, 3.05) is 43.1 Å². The maximum absolute atomic E-state index is 12.7. The number of rotatable bonds is 3. The molecule has 1 saturated heterocycles. The van der Waals surface area contributed by atoms with Gasteiger partial charge in [0.05, 0.1) is 24.5 Å². The molecule has 0 unspecified atom stereocenters. The molecule has 0 spiro atoms. The summed E-state index contributed by atoms with van der Waals surface area (Å²) in [5.41, 5.74) is 2.02. The molecule has 1 fully saturated rings. The van der Waals surface area contributed by atoms with E-state index in [4.69, 9.17) is 21.1 Å². The van der Waals surface area contributed by atoms with Gasteiger partial charge in [0.25, 0.3) is 5.91 Å². The van der Waals surface area contributed by atoms with Crippen LogP contribution in [0, 0.1) is 0 Å². The number of nitrogens with one attached hydrogen (secondary N) is 1. The molecular formula is C19H18ClN3O3. The van der Waals surface area contributed by atoms with Crippen LogP contribution in [0.4, 0.5) is 11.5 Å². The average molecular weight is 372 g/mol. The Morgan fingerprint density at radius 1 is 1.23 bits per heavy atom. The van der Waals surface area contributed by atoms with E-state index >= 15 is 0 Å². The van der Waals surface area contributed by atoms with Crippen LogP contribution in [0.2, 0.25) is 5.02 Å². The van der Waals surface area contributed by atoms with E-state index in [-0.39, 0.29) is 12.5 Å². The number of pyridine rings is 1. The first-order valence-electron chi connectivity index (χ1n) is 8.43. The second-order valence-corrected chi connectivity index (χ2v) is 6.50. The third-order valence-corrected chi connectivity index (χ3v) is 4.56. The number of fused-ring (bicyclic) bond motifs is 1. The summed E-state index contributed by atoms with van der Waals surface area (Å²) in [6.45, 7) is 3.02. The quantitative estimate of drug-likeness (QED) is 0.898. The lowest BCUT2D eigenvalue weighted by Gasteiger charge is -2.29. The predicted octanol–water partition coefficient (Wildman–Crippen LogP) is 2.99. The number of carbonyl (C=O) groups excluding carboxylic acids is 1. The Bertz CT molecular complexity index is 863. The van der Waals surface area contributed by atoms with E-state index < -0.39 is 0 Å². The number of nitrogens with zero attached hydrogens (tertiary/aromatic N) is 2. The van der Waals surface area contributed by atoms with E-state index in [0.29, 0.717) is 29.5 Å². The van der Waals surface area contributed by atoms with Crippen molar-refractivity contribution in [1.82, 2.24) is 4.98 Å². The van der Waals surface area contributed by atoms with Crippen LogP contribution in [-0.2, 0) is 9.53 Å². The van der Waals surface area contributed by atoms with Gasteiger partial charge in [0.1, 0.15) is 12.4 Å². The minimum atomic E-state index is -0.210. The Balaban J connectivity index is 1.56. The van der Waals surface area contributed by atoms with Gasteiger partial charge in [0.2, 0.25) is 0 Å². The summed E-state index contributed by atoms with van der Waals surface area (Å²) in [6.07, 6.45) is 3.53. The van der Waals surface area contributed by atoms with Crippen molar-refractivity contribution in [2.24, 2.45) is 0 Å². The highest BCUT2D eigenvalue weighted by Gasteiger charge is 2.21. The number of amides is 1. The SMILES string of the molecule is O=C(Nc1cccnc1N1CCOCC1)C1=Cc2cc(Cl)ccc2OC1. The lowest BCUT2D eigenvalue weighted by atomic mass is 10.1. The highest BCUT2D eigenvalue weighted by Crippen LogP contribution is 2.30. The van der Waals surface area contributed by atoms with E-state index in [1.807, 2.05) is 12.1 Å². The first-order chi connectivity index (χ1) is 12.7. The highest BCUT2D eigenvalue weighted by atomic mass is 35.5. The summed E-state index contributed by atoms with van der Waals surface area (Å²) >= 11 is 6.03. The third-order valence-electron chi connectivity index (χ3n) is 4.32. The summed E-state index contributed by atoms with van der Waals surface area (Å²) < 4.78 is 11.1. The molecule has 7 heteroatoms. The Morgan fingerprint density at radius 3 is 2.92 bits per heavy atom. The molecule has 2 aromatic rings. The normalized spacial score (nSPS) is 16.3. The van der Waals surface area contributed by atoms with E-state index in [1.54, 1.807) is 30.5 Å². The number of ether oxygens (including phenoxy) is 2. The van der Waals surface area contributed by atoms with Crippen LogP contribution in [0.1, 0.15) is 5.56 Å². The van der Waals surface area contributed by atoms with Gasteiger partial charge in [-0.3, -0.25) is 4.79 Å². The van der Waals surface area contributed by atoms with E-state index in [1.165, 1.54) is 0 Å². The Labute approximate surface area is 156 Å². The zero-order valence-electron chi connectivity index (χ0n) is 14.1. The summed E-state index contributed by atoms with van der Waals surface area (Å²) in [7, 11) is 0. The number of benzene rings is 1. The predicted molar refractivity (Wildman–Crippen MR) is 101 cm³/mol. The molecule has 26 heavy (non-hydrogen) atoms. The van der Waals surface area contributed by atoms with Crippen molar-refractivity contribution in [3.8, 4) is 5.75 Å². The smallest absolute Gasteiger partial charge is 0.255 e. The van der Waals surface area contributed by atoms with Crippen LogP contribution in [-0.4, -0.2) is 43.8 Å². The highest BCUT2D eigenvalue weighted by molar-refractivity contribution is 6.30. The molecular weight excluding hydrogens is 354 g/mol. The molecule has 4 rings (SSSR count). The molecule has 2 aliphatic rings. The lowest BCUT2D eigenvalue weighted by Crippen LogP contribution is -2.37. The van der Waals surface area contributed by atoms with Crippen molar-refractivity contribution in [3.05, 3.63) is 52.7 Å². The van der Waals surface area contributed by atoms with Crippen LogP contribution in [0.25, 0.3) is 6.08 Å². The fourth-order valence-electron chi connectivity index (χ4n) is 3.00. The summed E-state index contributed by atoms with van der Waals surface area (Å²) in [6, 6.07) is 9.02. The van der Waals surface area contributed by atoms with Crippen LogP contribution >= 0.6 is 11.6 Å². The van der Waals surface area contributed by atoms with Crippen molar-refractivity contribution in [3.63, 3.8) is 0 Å². The summed E-state index contributed by atoms with van der Waals surface area (Å²) in [5.74, 6) is 1.27. The van der Waals surface area contributed by atoms with Gasteiger partial charge in [0, 0.05) is 29.9 Å². The first-order valence-corrected chi connectivity index (χ1v) is 8.80. The molecule has 0 saturated carbocycles. The number of halogens is 1. The zero-order valence-corrected chi connectivity index (χ0v) is 14.8. The number of carbonyl (C=O) groups is 1. The fourth-order valence-corrected chi connectivity index (χ4v) is 3.18. The van der Waals surface area contributed by atoms with Gasteiger partial charge in [0.15, 0.2) is 5.82 Å². The van der Waals surface area contributed by atoms with Gasteiger partial charge in [-0.15, -0.1) is 0 Å². The molecule has 6 nitrogen and oxygen atoms in total. The first kappa shape index (κ1) is 16.9. The number of hydrogen-bond donors (Lipinski definition) is 1. The minimum Gasteiger partial charge on any atom is -0.488 e. The molecule has 0 bridgehead atoms. The Morgan fingerprint density at radius 2 is 2.08 bits per heavy atom. The van der Waals surface area contributed by atoms with Crippen molar-refractivity contribution in [1.29, 1.82) is 0 Å². The molecule has 134 valence electrons. The lowest BCUT2D eigenvalue weighted by molar-refractivity contribution is -0.113. The second-order valence-electron chi connectivity index (χ2n) is 6.07. The molecule has 0 radical (unpaired) electrons. The number of aromatic nitrogens is 1. The Hall–Kier alpha value is -2.57. The van der Waals surface area contributed by atoms with E-state index in [9.17, 15) is 4.79 Å². The number of hydrogen-bond acceptors (Lipinski definition) is 5. The van der Waals surface area contributed by atoms with Crippen LogP contribution < -0.4 is 15.0 Å². The molecule has 0 atom stereocenters. The average Bonchev–Trinajstić information content (AvgIpc) is 2.68. The molecule has 2 aliphatic heterocycles. The Kier molecular flexibility index (Phi) is 4.77. The van der Waals surface area contributed by atoms with Gasteiger partial charge in [-0.1, -0.05) is 11.6 Å². The van der Waals surface area contributed by atoms with Gasteiger partial charge in [-0.05, 0) is 36.4 Å². The van der Waals surface area contributed by atoms with Gasteiger partial charge >= 0.3 is 0 Å². The number of morpholine rings is 1. The van der Waals surface area contributed by atoms with Crippen molar-refractivity contribution in [2.45, 2.75) is 0 Å². The standard InChI is InChI=1S/C19H18ClN3O3/c20-15-3-4-17-13(11-15)10-14(12-26-17)19(24)22-16-2-1-5-21-18(16)23-6-8-25-9-7-23/h1-5,10-11H,6-9,12H2,(H,22,24). The van der Waals surface area contributed by atoms with Crippen LogP contribution in [0.5, 0.6) is 5.75 Å². The number of anilines is 2. The van der Waals surface area contributed by atoms with Gasteiger partial charge in [-0.25, -0.2) is 4.98 Å². The second kappa shape index (κ2) is 7.35. The molecule has 0 aliphatic carbocycles. The minimum absolute atomic E-state index is 0.210. The third kappa shape index (κ3) is 3.52. The van der Waals surface area contributed by atoms with Crippen LogP contribution in [0.15, 0.2) is 42.1 Å². The maximum Gasteiger partial charge on any atom is 0.255 e. The van der Waals surface area contributed by atoms with E-state index in [2.05, 4.69) is 15.2 Å². The molecule has 1 aromatic carbocycles. The maximum atomic E-state index is 12.7. The fraction of sp³-hybridized carbons (Fsp3) is 0.263. The molecule has 3 heterocycles. The monoisotopic (exact) mass is 371 g/mol. The van der Waals surface area contributed by atoms with Gasteiger partial charge < -0.3 is 19.7 Å². The molecule has 1 N–H and O–H groups in total. The van der Waals surface area contributed by atoms with Crippen molar-refractivity contribution < 1.29 is 14.3 Å². The van der Waals surface area contributed by atoms with Crippen LogP contribution in [0.3, 0.4) is 0 Å². The zero-order chi connectivity index (χ0) is 17.9. The summed E-state index contributed by atoms with van der Waals surface area (Å²) in [4.78, 5) is 19.3. The van der Waals surface area contributed by atoms with E-state index in [0.717, 1.165) is 30.2 Å². The topological polar surface area (TPSA) is 63.7 Å². The molecule has 1 amide bonds. The molecule has 1 aromatic heterocycles. The van der Waals surface area contributed by atoms with Gasteiger partial charge in [-0.2, -0.15) is 0 Å². The van der Waals surface area contributed by atoms with Crippen molar-refractivity contribution >= 4 is 35.1 Å².